The quantitative estimate of drug-likeness (QED) is 0.281. The molecule has 0 fully saturated rings. The van der Waals surface area contributed by atoms with Crippen molar-refractivity contribution in [2.24, 2.45) is 10.7 Å². The standard InChI is InChI=1S/C22H39N3O2/c1-3-4-5-6-7-8-9-10-11-12-13-14-15-16-21-24-17-18-25(21,20(2)23)19-22(26)27/h15-18,20H,3-14,19,23H2,1-2H3/p+1/b16-15+. The molecule has 5 heteroatoms. The minimum Gasteiger partial charge on any atom is -0.477 e. The third kappa shape index (κ3) is 8.85. The van der Waals surface area contributed by atoms with Crippen LogP contribution >= 0.6 is 0 Å². The summed E-state index contributed by atoms with van der Waals surface area (Å²) >= 11 is 0. The third-order valence-corrected chi connectivity index (χ3v) is 5.33. The highest BCUT2D eigenvalue weighted by Gasteiger charge is 2.39. The van der Waals surface area contributed by atoms with Crippen LogP contribution in [-0.4, -0.2) is 34.1 Å². The predicted octanol–water partition coefficient (Wildman–Crippen LogP) is 5.33. The van der Waals surface area contributed by atoms with Crippen LogP contribution in [0.2, 0.25) is 0 Å². The molecular formula is C22H40N3O2+. The van der Waals surface area contributed by atoms with Crippen LogP contribution in [0.4, 0.5) is 0 Å². The van der Waals surface area contributed by atoms with Crippen LogP contribution in [-0.2, 0) is 4.79 Å². The number of carboxylic acids is 1. The lowest BCUT2D eigenvalue weighted by Gasteiger charge is -2.33. The number of aliphatic carboxylic acids is 1. The number of hydrogen-bond acceptors (Lipinski definition) is 3. The van der Waals surface area contributed by atoms with Crippen molar-refractivity contribution >= 4 is 11.8 Å². The van der Waals surface area contributed by atoms with Crippen molar-refractivity contribution in [2.45, 2.75) is 97.1 Å². The van der Waals surface area contributed by atoms with Crippen LogP contribution in [0, 0.1) is 0 Å². The molecule has 27 heavy (non-hydrogen) atoms. The molecule has 0 amide bonds. The topological polar surface area (TPSA) is 75.7 Å². The zero-order valence-electron chi connectivity index (χ0n) is 17.4. The van der Waals surface area contributed by atoms with Gasteiger partial charge in [0.1, 0.15) is 12.4 Å². The maximum atomic E-state index is 11.2. The second-order valence-corrected chi connectivity index (χ2v) is 7.74. The van der Waals surface area contributed by atoms with Crippen molar-refractivity contribution in [3.05, 3.63) is 24.6 Å². The van der Waals surface area contributed by atoms with Gasteiger partial charge in [0.15, 0.2) is 6.54 Å². The van der Waals surface area contributed by atoms with Crippen molar-refractivity contribution in [3.63, 3.8) is 0 Å². The molecule has 0 saturated heterocycles. The Labute approximate surface area is 165 Å². The molecule has 1 aliphatic heterocycles. The van der Waals surface area contributed by atoms with Gasteiger partial charge in [-0.1, -0.05) is 77.2 Å². The normalized spacial score (nSPS) is 20.3. The van der Waals surface area contributed by atoms with Gasteiger partial charge in [-0.3, -0.25) is 5.73 Å². The summed E-state index contributed by atoms with van der Waals surface area (Å²) < 4.78 is 0.0874. The molecule has 0 spiro atoms. The average molecular weight is 379 g/mol. The number of amidine groups is 1. The molecule has 0 aromatic rings. The summed E-state index contributed by atoms with van der Waals surface area (Å²) in [6.45, 7) is 4.01. The van der Waals surface area contributed by atoms with Gasteiger partial charge in [0.05, 0.1) is 6.20 Å². The molecule has 5 nitrogen and oxygen atoms in total. The van der Waals surface area contributed by atoms with E-state index in [1.54, 1.807) is 12.4 Å². The number of unbranched alkanes of at least 4 members (excludes halogenated alkanes) is 11. The molecule has 154 valence electrons. The van der Waals surface area contributed by atoms with Gasteiger partial charge in [0, 0.05) is 13.0 Å². The van der Waals surface area contributed by atoms with E-state index in [2.05, 4.69) is 18.0 Å². The Balaban J connectivity index is 2.16. The van der Waals surface area contributed by atoms with E-state index in [1.165, 1.54) is 70.6 Å². The van der Waals surface area contributed by atoms with Gasteiger partial charge in [-0.05, 0) is 12.8 Å². The number of nitrogens with two attached hydrogens (primary N) is 1. The summed E-state index contributed by atoms with van der Waals surface area (Å²) in [4.78, 5) is 15.6. The lowest BCUT2D eigenvalue weighted by Crippen LogP contribution is -2.58. The number of nitrogens with zero attached hydrogens (tertiary/aromatic N) is 2. The average Bonchev–Trinajstić information content (AvgIpc) is 3.02. The molecule has 0 saturated carbocycles. The van der Waals surface area contributed by atoms with Crippen molar-refractivity contribution in [1.82, 2.24) is 0 Å². The summed E-state index contributed by atoms with van der Waals surface area (Å²) in [5.41, 5.74) is 6.06. The molecule has 0 aromatic heterocycles. The van der Waals surface area contributed by atoms with Crippen LogP contribution in [0.5, 0.6) is 0 Å². The maximum Gasteiger partial charge on any atom is 0.360 e. The molecule has 0 bridgehead atoms. The van der Waals surface area contributed by atoms with E-state index in [4.69, 9.17) is 5.73 Å². The van der Waals surface area contributed by atoms with E-state index in [9.17, 15) is 9.90 Å². The minimum absolute atomic E-state index is 0.0736. The Hall–Kier alpha value is -1.46. The lowest BCUT2D eigenvalue weighted by molar-refractivity contribution is -0.803. The van der Waals surface area contributed by atoms with Gasteiger partial charge < -0.3 is 5.11 Å². The highest BCUT2D eigenvalue weighted by atomic mass is 16.4. The van der Waals surface area contributed by atoms with Crippen LogP contribution in [0.1, 0.15) is 90.9 Å². The van der Waals surface area contributed by atoms with Crippen molar-refractivity contribution < 1.29 is 14.4 Å². The summed E-state index contributed by atoms with van der Waals surface area (Å²) in [6.07, 6.45) is 22.9. The second-order valence-electron chi connectivity index (χ2n) is 7.74. The van der Waals surface area contributed by atoms with E-state index in [0.717, 1.165) is 12.3 Å². The highest BCUT2D eigenvalue weighted by molar-refractivity contribution is 5.90. The summed E-state index contributed by atoms with van der Waals surface area (Å²) in [5, 5.41) is 9.21. The third-order valence-electron chi connectivity index (χ3n) is 5.33. The summed E-state index contributed by atoms with van der Waals surface area (Å²) in [7, 11) is 0. The number of allylic oxidation sites excluding steroid dienone is 1. The predicted molar refractivity (Wildman–Crippen MR) is 113 cm³/mol. The van der Waals surface area contributed by atoms with Gasteiger partial charge in [-0.15, -0.1) is 0 Å². The largest absolute Gasteiger partial charge is 0.477 e. The van der Waals surface area contributed by atoms with Crippen molar-refractivity contribution in [2.75, 3.05) is 6.54 Å². The number of hydrogen-bond donors (Lipinski definition) is 2. The van der Waals surface area contributed by atoms with Gasteiger partial charge >= 0.3 is 5.97 Å². The van der Waals surface area contributed by atoms with Crippen LogP contribution in [0.25, 0.3) is 0 Å². The Morgan fingerprint density at radius 1 is 1.11 bits per heavy atom. The molecule has 1 aliphatic rings. The molecule has 1 rings (SSSR count). The van der Waals surface area contributed by atoms with Gasteiger partial charge in [0.2, 0.25) is 5.84 Å². The fourth-order valence-corrected chi connectivity index (χ4v) is 3.56. The molecule has 0 aliphatic carbocycles. The van der Waals surface area contributed by atoms with E-state index in [-0.39, 0.29) is 17.2 Å². The Bertz CT molecular complexity index is 512. The fourth-order valence-electron chi connectivity index (χ4n) is 3.56. The van der Waals surface area contributed by atoms with E-state index in [1.807, 2.05) is 13.0 Å². The van der Waals surface area contributed by atoms with E-state index >= 15 is 0 Å². The maximum absolute atomic E-state index is 11.2. The smallest absolute Gasteiger partial charge is 0.360 e. The molecule has 0 radical (unpaired) electrons. The number of quaternary nitrogens is 1. The van der Waals surface area contributed by atoms with Crippen molar-refractivity contribution in [3.8, 4) is 0 Å². The van der Waals surface area contributed by atoms with E-state index < -0.39 is 5.97 Å². The Kier molecular flexibility index (Phi) is 11.9. The van der Waals surface area contributed by atoms with Gasteiger partial charge in [-0.2, -0.15) is 4.99 Å². The summed E-state index contributed by atoms with van der Waals surface area (Å²) in [6, 6.07) is 0. The Morgan fingerprint density at radius 3 is 2.19 bits per heavy atom. The molecule has 2 unspecified atom stereocenters. The first kappa shape index (κ1) is 23.6. The number of rotatable bonds is 16. The zero-order valence-corrected chi connectivity index (χ0v) is 17.4. The SMILES string of the molecule is CCCCCCCCCCCCC/C=C/C1=NC=C[N+]1(CC(=O)O)C(C)N. The summed E-state index contributed by atoms with van der Waals surface area (Å²) in [5.74, 6) is -0.152. The van der Waals surface area contributed by atoms with Crippen LogP contribution in [0.3, 0.4) is 0 Å². The monoisotopic (exact) mass is 378 g/mol. The Morgan fingerprint density at radius 2 is 1.67 bits per heavy atom. The first-order valence-corrected chi connectivity index (χ1v) is 10.8. The first-order valence-electron chi connectivity index (χ1n) is 10.8. The van der Waals surface area contributed by atoms with E-state index in [0.29, 0.717) is 0 Å². The minimum atomic E-state index is -0.870. The second kappa shape index (κ2) is 13.7. The fraction of sp³-hybridized carbons (Fsp3) is 0.727. The van der Waals surface area contributed by atoms with Crippen molar-refractivity contribution in [1.29, 1.82) is 0 Å². The number of carbonyl (C=O) groups is 1. The molecular weight excluding hydrogens is 338 g/mol. The molecule has 2 atom stereocenters. The number of carboxylic acid groups (broad SMARTS) is 1. The van der Waals surface area contributed by atoms with Crippen LogP contribution in [0.15, 0.2) is 29.5 Å². The molecule has 0 aromatic carbocycles. The molecule has 3 N–H and O–H groups in total. The van der Waals surface area contributed by atoms with Gasteiger partial charge in [0.25, 0.3) is 0 Å². The lowest BCUT2D eigenvalue weighted by atomic mass is 10.1. The first-order chi connectivity index (χ1) is 13.0. The van der Waals surface area contributed by atoms with Crippen LogP contribution < -0.4 is 5.73 Å². The highest BCUT2D eigenvalue weighted by Crippen LogP contribution is 2.21. The van der Waals surface area contributed by atoms with Gasteiger partial charge in [-0.25, -0.2) is 9.28 Å². The molecule has 1 heterocycles. The zero-order chi connectivity index (χ0) is 20.0. The number of aliphatic imine (C=N–C) groups is 1.